The fraction of sp³-hybridized carbons (Fsp3) is 0.440. The van der Waals surface area contributed by atoms with Gasteiger partial charge in [-0.2, -0.15) is 13.2 Å². The molecule has 0 aliphatic rings. The van der Waals surface area contributed by atoms with Crippen molar-refractivity contribution in [1.82, 2.24) is 19.9 Å². The minimum atomic E-state index is -4.51. The Balaban J connectivity index is 1.72. The van der Waals surface area contributed by atoms with E-state index >= 15 is 0 Å². The normalized spacial score (nSPS) is 13.0. The van der Waals surface area contributed by atoms with Crippen molar-refractivity contribution < 1.29 is 22.7 Å². The molecule has 7 nitrogen and oxygen atoms in total. The highest BCUT2D eigenvalue weighted by Crippen LogP contribution is 2.29. The maximum atomic E-state index is 13.0. The summed E-state index contributed by atoms with van der Waals surface area (Å²) in [6.07, 6.45) is -0.406. The summed E-state index contributed by atoms with van der Waals surface area (Å²) in [4.78, 5) is 32.6. The van der Waals surface area contributed by atoms with Crippen molar-refractivity contribution in [2.75, 3.05) is 0 Å². The van der Waals surface area contributed by atoms with Crippen LogP contribution in [0, 0.1) is 6.92 Å². The van der Waals surface area contributed by atoms with Crippen LogP contribution in [-0.4, -0.2) is 32.3 Å². The van der Waals surface area contributed by atoms with E-state index in [4.69, 9.17) is 4.74 Å². The van der Waals surface area contributed by atoms with E-state index in [1.54, 1.807) is 49.7 Å². The van der Waals surface area contributed by atoms with E-state index in [9.17, 15) is 22.8 Å². The molecule has 1 amide bonds. The summed E-state index contributed by atoms with van der Waals surface area (Å²) in [5, 5.41) is 3.98. The topological polar surface area (TPSA) is 86.1 Å². The molecule has 188 valence electrons. The van der Waals surface area contributed by atoms with Gasteiger partial charge in [0.2, 0.25) is 0 Å². The maximum Gasteiger partial charge on any atom is 0.419 e. The average molecular weight is 491 g/mol. The zero-order valence-electron chi connectivity index (χ0n) is 20.4. The van der Waals surface area contributed by atoms with Crippen molar-refractivity contribution in [2.45, 2.75) is 71.8 Å². The Morgan fingerprint density at radius 2 is 1.80 bits per heavy atom. The summed E-state index contributed by atoms with van der Waals surface area (Å²) in [5.41, 5.74) is -0.296. The molecular weight excluding hydrogens is 461 g/mol. The number of aryl methyl sites for hydroxylation is 2. The number of hydrogen-bond acceptors (Lipinski definition) is 5. The number of carbonyl (C=O) groups is 1. The molecule has 0 aliphatic heterocycles. The Morgan fingerprint density at radius 1 is 1.14 bits per heavy atom. The summed E-state index contributed by atoms with van der Waals surface area (Å²) in [6.45, 7) is 9.60. The third-order valence-electron chi connectivity index (χ3n) is 5.32. The number of benzene rings is 1. The molecule has 0 saturated heterocycles. The summed E-state index contributed by atoms with van der Waals surface area (Å²) < 4.78 is 45.2. The van der Waals surface area contributed by atoms with Crippen molar-refractivity contribution in [2.24, 2.45) is 0 Å². The van der Waals surface area contributed by atoms with E-state index < -0.39 is 23.4 Å². The molecule has 1 N–H and O–H groups in total. The first-order valence-electron chi connectivity index (χ1n) is 11.3. The van der Waals surface area contributed by atoms with E-state index in [-0.39, 0.29) is 17.4 Å². The predicted molar refractivity (Wildman–Crippen MR) is 127 cm³/mol. The van der Waals surface area contributed by atoms with Crippen molar-refractivity contribution >= 4 is 16.9 Å². The minimum Gasteiger partial charge on any atom is -0.444 e. The molecule has 0 spiro atoms. The number of hydrogen-bond donors (Lipinski definition) is 1. The van der Waals surface area contributed by atoms with E-state index in [0.29, 0.717) is 35.7 Å². The van der Waals surface area contributed by atoms with Gasteiger partial charge in [-0.1, -0.05) is 6.07 Å². The van der Waals surface area contributed by atoms with Gasteiger partial charge >= 0.3 is 12.3 Å². The van der Waals surface area contributed by atoms with Crippen molar-refractivity contribution in [3.8, 4) is 11.4 Å². The van der Waals surface area contributed by atoms with Crippen LogP contribution >= 0.6 is 0 Å². The average Bonchev–Trinajstić information content (AvgIpc) is 2.75. The number of ether oxygens (including phenoxy) is 1. The van der Waals surface area contributed by atoms with Crippen LogP contribution in [-0.2, 0) is 17.5 Å². The number of nitrogens with zero attached hydrogens (tertiary/aromatic N) is 3. The quantitative estimate of drug-likeness (QED) is 0.495. The number of carbonyl (C=O) groups excluding carboxylic acids is 1. The van der Waals surface area contributed by atoms with E-state index in [2.05, 4.69) is 15.3 Å². The molecule has 0 fully saturated rings. The molecule has 35 heavy (non-hydrogen) atoms. The first kappa shape index (κ1) is 26.2. The van der Waals surface area contributed by atoms with Gasteiger partial charge in [-0.3, -0.25) is 4.79 Å². The molecule has 0 unspecified atom stereocenters. The lowest BCUT2D eigenvalue weighted by atomic mass is 10.0. The molecule has 3 rings (SSSR count). The van der Waals surface area contributed by atoms with Crippen LogP contribution in [0.2, 0.25) is 0 Å². The van der Waals surface area contributed by atoms with Gasteiger partial charge in [-0.05, 0) is 70.5 Å². The number of fused-ring (bicyclic) bond motifs is 1. The fourth-order valence-corrected chi connectivity index (χ4v) is 3.65. The van der Waals surface area contributed by atoms with Crippen molar-refractivity contribution in [1.29, 1.82) is 0 Å². The van der Waals surface area contributed by atoms with Gasteiger partial charge in [-0.15, -0.1) is 0 Å². The lowest BCUT2D eigenvalue weighted by Gasteiger charge is -2.22. The van der Waals surface area contributed by atoms with Gasteiger partial charge in [0.1, 0.15) is 5.60 Å². The highest BCUT2D eigenvalue weighted by Gasteiger charge is 2.31. The molecule has 0 aliphatic carbocycles. The highest BCUT2D eigenvalue weighted by molar-refractivity contribution is 5.88. The van der Waals surface area contributed by atoms with Gasteiger partial charge < -0.3 is 14.6 Å². The first-order chi connectivity index (χ1) is 16.2. The summed E-state index contributed by atoms with van der Waals surface area (Å²) in [7, 11) is 0. The Bertz CT molecular complexity index is 1260. The number of nitrogens with one attached hydrogen (secondary N) is 1. The second kappa shape index (κ2) is 10.1. The largest absolute Gasteiger partial charge is 0.444 e. The molecule has 0 saturated carbocycles. The number of aromatic nitrogens is 3. The molecule has 2 aromatic heterocycles. The van der Waals surface area contributed by atoms with E-state index in [0.717, 1.165) is 18.0 Å². The van der Waals surface area contributed by atoms with Crippen molar-refractivity contribution in [3.63, 3.8) is 0 Å². The second-order valence-electron chi connectivity index (χ2n) is 9.55. The van der Waals surface area contributed by atoms with Gasteiger partial charge in [0.05, 0.1) is 5.56 Å². The number of alkyl halides is 3. The summed E-state index contributed by atoms with van der Waals surface area (Å²) in [6, 6.07) is 4.87. The summed E-state index contributed by atoms with van der Waals surface area (Å²) in [5.74, 6) is 0.148. The van der Waals surface area contributed by atoms with Crippen LogP contribution in [0.15, 0.2) is 41.6 Å². The number of alkyl carbamates (subject to hydrolysis) is 1. The standard InChI is InChI=1S/C25H29F3N4O3/c1-15-14-32(10-6-7-16(2)31-23(34)35-24(3,4)5)22(33)19-9-8-17(11-20(15)19)21-29-12-18(13-30-21)25(26,27)28/h8-9,11-14,16H,6-7,10H2,1-5H3,(H,31,34)/t16-/m0/s1. The first-order valence-corrected chi connectivity index (χ1v) is 11.3. The fourth-order valence-electron chi connectivity index (χ4n) is 3.65. The van der Waals surface area contributed by atoms with Crippen LogP contribution in [0.1, 0.15) is 51.7 Å². The minimum absolute atomic E-state index is 0.117. The molecular formula is C25H29F3N4O3. The maximum absolute atomic E-state index is 13.0. The van der Waals surface area contributed by atoms with Crippen LogP contribution in [0.4, 0.5) is 18.0 Å². The van der Waals surface area contributed by atoms with Crippen LogP contribution in [0.25, 0.3) is 22.2 Å². The zero-order chi connectivity index (χ0) is 26.0. The monoisotopic (exact) mass is 490 g/mol. The second-order valence-corrected chi connectivity index (χ2v) is 9.55. The van der Waals surface area contributed by atoms with Gasteiger partial charge in [-0.25, -0.2) is 14.8 Å². The number of rotatable bonds is 6. The lowest BCUT2D eigenvalue weighted by molar-refractivity contribution is -0.138. The number of halogens is 3. The Labute approximate surface area is 201 Å². The molecule has 1 atom stereocenters. The Hall–Kier alpha value is -3.43. The molecule has 0 bridgehead atoms. The van der Waals surface area contributed by atoms with E-state index in [1.807, 2.05) is 13.8 Å². The molecule has 2 heterocycles. The summed E-state index contributed by atoms with van der Waals surface area (Å²) >= 11 is 0. The van der Waals surface area contributed by atoms with Crippen LogP contribution < -0.4 is 10.9 Å². The smallest absolute Gasteiger partial charge is 0.419 e. The number of pyridine rings is 1. The van der Waals surface area contributed by atoms with Gasteiger partial charge in [0.25, 0.3) is 5.56 Å². The van der Waals surface area contributed by atoms with Gasteiger partial charge in [0.15, 0.2) is 5.82 Å². The molecule has 10 heteroatoms. The highest BCUT2D eigenvalue weighted by atomic mass is 19.4. The van der Waals surface area contributed by atoms with E-state index in [1.165, 1.54) is 0 Å². The SMILES string of the molecule is Cc1cn(CCC[C@H](C)NC(=O)OC(C)(C)C)c(=O)c2ccc(-c3ncc(C(F)(F)F)cn3)cc12. The molecule has 0 radical (unpaired) electrons. The zero-order valence-corrected chi connectivity index (χ0v) is 20.4. The predicted octanol–water partition coefficient (Wildman–Crippen LogP) is 5.48. The van der Waals surface area contributed by atoms with Gasteiger partial charge in [0, 0.05) is 42.1 Å². The number of amides is 1. The van der Waals surface area contributed by atoms with Crippen LogP contribution in [0.3, 0.4) is 0 Å². The lowest BCUT2D eigenvalue weighted by Crippen LogP contribution is -2.37. The molecule has 3 aromatic rings. The Kier molecular flexibility index (Phi) is 7.52. The molecule has 1 aromatic carbocycles. The third kappa shape index (κ3) is 6.80. The van der Waals surface area contributed by atoms with Crippen molar-refractivity contribution in [3.05, 3.63) is 58.3 Å². The Morgan fingerprint density at radius 3 is 2.40 bits per heavy atom. The van der Waals surface area contributed by atoms with Crippen LogP contribution in [0.5, 0.6) is 0 Å². The third-order valence-corrected chi connectivity index (χ3v) is 5.32.